The molecule has 3 rings (SSSR count). The molecule has 0 saturated heterocycles. The molecule has 2 aromatic rings. The first kappa shape index (κ1) is 20.3. The molecule has 0 aromatic heterocycles. The summed E-state index contributed by atoms with van der Waals surface area (Å²) in [6, 6.07) is 15.3. The summed E-state index contributed by atoms with van der Waals surface area (Å²) < 4.78 is 11.2. The molecule has 1 N–H and O–H groups in total. The van der Waals surface area contributed by atoms with Gasteiger partial charge in [0, 0.05) is 30.2 Å². The highest BCUT2D eigenvalue weighted by Crippen LogP contribution is 2.31. The molecule has 0 radical (unpaired) electrons. The van der Waals surface area contributed by atoms with Crippen LogP contribution in [-0.2, 0) is 11.2 Å². The minimum Gasteiger partial charge on any atom is -0.490 e. The van der Waals surface area contributed by atoms with Gasteiger partial charge >= 0.3 is 0 Å². The maximum absolute atomic E-state index is 13.0. The van der Waals surface area contributed by atoms with Crippen molar-refractivity contribution in [1.29, 1.82) is 5.26 Å². The van der Waals surface area contributed by atoms with Gasteiger partial charge in [-0.05, 0) is 50.5 Å². The number of hydrogen-bond donors (Lipinski definition) is 1. The van der Waals surface area contributed by atoms with Gasteiger partial charge in [0.15, 0.2) is 11.5 Å². The van der Waals surface area contributed by atoms with E-state index in [-0.39, 0.29) is 11.5 Å². The monoisotopic (exact) mass is 391 g/mol. The van der Waals surface area contributed by atoms with Crippen LogP contribution in [0.4, 0.5) is 11.4 Å². The van der Waals surface area contributed by atoms with E-state index in [0.717, 1.165) is 24.1 Å². The molecule has 1 heterocycles. The lowest BCUT2D eigenvalue weighted by Gasteiger charge is -2.29. The Morgan fingerprint density at radius 1 is 1.17 bits per heavy atom. The predicted octanol–water partition coefficient (Wildman–Crippen LogP) is 4.28. The van der Waals surface area contributed by atoms with E-state index in [1.54, 1.807) is 17.0 Å². The van der Waals surface area contributed by atoms with Crippen LogP contribution < -0.4 is 19.7 Å². The maximum atomic E-state index is 13.0. The predicted molar refractivity (Wildman–Crippen MR) is 113 cm³/mol. The molecular weight excluding hydrogens is 366 g/mol. The highest BCUT2D eigenvalue weighted by atomic mass is 16.5. The van der Waals surface area contributed by atoms with Crippen LogP contribution in [0.1, 0.15) is 25.8 Å². The number of benzene rings is 2. The van der Waals surface area contributed by atoms with E-state index in [1.807, 2.05) is 50.2 Å². The van der Waals surface area contributed by atoms with Crippen molar-refractivity contribution in [2.45, 2.75) is 26.7 Å². The molecular formula is C23H25N3O3. The molecule has 0 saturated carbocycles. The highest BCUT2D eigenvalue weighted by Gasteiger charge is 2.24. The molecule has 0 aliphatic carbocycles. The molecule has 150 valence electrons. The molecule has 29 heavy (non-hydrogen) atoms. The Bertz CT molecular complexity index is 947. The van der Waals surface area contributed by atoms with Crippen LogP contribution in [0.15, 0.2) is 54.2 Å². The number of fused-ring (bicyclic) bond motifs is 1. The zero-order valence-corrected chi connectivity index (χ0v) is 16.8. The largest absolute Gasteiger partial charge is 0.490 e. The lowest BCUT2D eigenvalue weighted by atomic mass is 10.0. The van der Waals surface area contributed by atoms with Crippen molar-refractivity contribution in [2.75, 3.05) is 30.0 Å². The molecule has 0 bridgehead atoms. The number of aryl methyl sites for hydroxylation is 1. The SMILES string of the molecule is CCOc1ccc(N/C=C(/C#N)C(=O)N2CCCc3ccccc32)cc1OCC. The van der Waals surface area contributed by atoms with Crippen LogP contribution in [0.2, 0.25) is 0 Å². The van der Waals surface area contributed by atoms with Gasteiger partial charge in [-0.25, -0.2) is 0 Å². The molecule has 6 nitrogen and oxygen atoms in total. The molecule has 0 spiro atoms. The van der Waals surface area contributed by atoms with Crippen molar-refractivity contribution in [3.8, 4) is 17.6 Å². The number of rotatable bonds is 7. The standard InChI is InChI=1S/C23H25N3O3/c1-3-28-21-12-11-19(14-22(21)29-4-2)25-16-18(15-24)23(27)26-13-7-9-17-8-5-6-10-20(17)26/h5-6,8,10-12,14,16,25H,3-4,7,9,13H2,1-2H3/b18-16-. The molecule has 6 heteroatoms. The number of ether oxygens (including phenoxy) is 2. The van der Waals surface area contributed by atoms with E-state index in [4.69, 9.17) is 9.47 Å². The van der Waals surface area contributed by atoms with Crippen LogP contribution in [0, 0.1) is 11.3 Å². The summed E-state index contributed by atoms with van der Waals surface area (Å²) in [5, 5.41) is 12.6. The van der Waals surface area contributed by atoms with E-state index in [9.17, 15) is 10.1 Å². The van der Waals surface area contributed by atoms with Gasteiger partial charge in [0.1, 0.15) is 11.6 Å². The summed E-state index contributed by atoms with van der Waals surface area (Å²) in [6.07, 6.45) is 3.27. The van der Waals surface area contributed by atoms with Crippen LogP contribution in [0.25, 0.3) is 0 Å². The molecule has 2 aromatic carbocycles. The van der Waals surface area contributed by atoms with E-state index >= 15 is 0 Å². The van der Waals surface area contributed by atoms with Crippen molar-refractivity contribution >= 4 is 17.3 Å². The fraction of sp³-hybridized carbons (Fsp3) is 0.304. The summed E-state index contributed by atoms with van der Waals surface area (Å²) in [6.45, 7) is 5.46. The van der Waals surface area contributed by atoms with Gasteiger partial charge in [0.2, 0.25) is 0 Å². The number of carbonyl (C=O) groups excluding carboxylic acids is 1. The Hall–Kier alpha value is -3.46. The normalized spacial score (nSPS) is 13.3. The van der Waals surface area contributed by atoms with Gasteiger partial charge < -0.3 is 19.7 Å². The van der Waals surface area contributed by atoms with Crippen LogP contribution in [0.3, 0.4) is 0 Å². The molecule has 0 unspecified atom stereocenters. The van der Waals surface area contributed by atoms with Gasteiger partial charge in [-0.15, -0.1) is 0 Å². The summed E-state index contributed by atoms with van der Waals surface area (Å²) in [4.78, 5) is 14.7. The molecule has 0 fully saturated rings. The average molecular weight is 391 g/mol. The Balaban J connectivity index is 1.80. The Kier molecular flexibility index (Phi) is 6.75. The zero-order valence-electron chi connectivity index (χ0n) is 16.8. The van der Waals surface area contributed by atoms with Crippen molar-refractivity contribution in [1.82, 2.24) is 0 Å². The first-order valence-electron chi connectivity index (χ1n) is 9.84. The summed E-state index contributed by atoms with van der Waals surface area (Å²) in [7, 11) is 0. The second kappa shape index (κ2) is 9.65. The van der Waals surface area contributed by atoms with E-state index in [1.165, 1.54) is 6.20 Å². The smallest absolute Gasteiger partial charge is 0.270 e. The minimum atomic E-state index is -0.303. The fourth-order valence-electron chi connectivity index (χ4n) is 3.33. The summed E-state index contributed by atoms with van der Waals surface area (Å²) >= 11 is 0. The van der Waals surface area contributed by atoms with Crippen molar-refractivity contribution in [3.63, 3.8) is 0 Å². The number of para-hydroxylation sites is 1. The number of nitrogens with zero attached hydrogens (tertiary/aromatic N) is 2. The molecule has 1 amide bonds. The average Bonchev–Trinajstić information content (AvgIpc) is 2.75. The zero-order chi connectivity index (χ0) is 20.6. The Morgan fingerprint density at radius 2 is 1.93 bits per heavy atom. The van der Waals surface area contributed by atoms with E-state index < -0.39 is 0 Å². The maximum Gasteiger partial charge on any atom is 0.270 e. The lowest BCUT2D eigenvalue weighted by Crippen LogP contribution is -2.36. The minimum absolute atomic E-state index is 0.0496. The fourth-order valence-corrected chi connectivity index (χ4v) is 3.33. The quantitative estimate of drug-likeness (QED) is 0.563. The number of hydrogen-bond acceptors (Lipinski definition) is 5. The highest BCUT2D eigenvalue weighted by molar-refractivity contribution is 6.09. The van der Waals surface area contributed by atoms with E-state index in [0.29, 0.717) is 36.9 Å². The van der Waals surface area contributed by atoms with Crippen LogP contribution in [0.5, 0.6) is 11.5 Å². The summed E-state index contributed by atoms with van der Waals surface area (Å²) in [5.74, 6) is 0.969. The summed E-state index contributed by atoms with van der Waals surface area (Å²) in [5.41, 5.74) is 2.76. The molecule has 1 aliphatic rings. The van der Waals surface area contributed by atoms with Gasteiger partial charge in [0.25, 0.3) is 5.91 Å². The van der Waals surface area contributed by atoms with Gasteiger partial charge in [-0.2, -0.15) is 5.26 Å². The van der Waals surface area contributed by atoms with Gasteiger partial charge in [-0.1, -0.05) is 18.2 Å². The van der Waals surface area contributed by atoms with Crippen molar-refractivity contribution in [3.05, 3.63) is 59.8 Å². The lowest BCUT2D eigenvalue weighted by molar-refractivity contribution is -0.114. The number of carbonyl (C=O) groups is 1. The first-order valence-corrected chi connectivity index (χ1v) is 9.84. The first-order chi connectivity index (χ1) is 14.2. The second-order valence-corrected chi connectivity index (χ2v) is 6.53. The Labute approximate surface area is 171 Å². The second-order valence-electron chi connectivity index (χ2n) is 6.53. The third kappa shape index (κ3) is 4.69. The van der Waals surface area contributed by atoms with Crippen LogP contribution in [-0.4, -0.2) is 25.7 Å². The number of anilines is 2. The number of amides is 1. The molecule has 1 aliphatic heterocycles. The molecule has 0 atom stereocenters. The van der Waals surface area contributed by atoms with Crippen molar-refractivity contribution < 1.29 is 14.3 Å². The van der Waals surface area contributed by atoms with Gasteiger partial charge in [-0.3, -0.25) is 4.79 Å². The number of nitriles is 1. The van der Waals surface area contributed by atoms with Crippen molar-refractivity contribution in [2.24, 2.45) is 0 Å². The third-order valence-corrected chi connectivity index (χ3v) is 4.63. The number of nitrogens with one attached hydrogen (secondary N) is 1. The topological polar surface area (TPSA) is 74.6 Å². The Morgan fingerprint density at radius 3 is 2.69 bits per heavy atom. The van der Waals surface area contributed by atoms with E-state index in [2.05, 4.69) is 5.32 Å². The van der Waals surface area contributed by atoms with Gasteiger partial charge in [0.05, 0.1) is 13.2 Å². The third-order valence-electron chi connectivity index (χ3n) is 4.63. The van der Waals surface area contributed by atoms with Crippen LogP contribution >= 0.6 is 0 Å².